The van der Waals surface area contributed by atoms with Crippen LogP contribution in [-0.2, 0) is 13.8 Å². The van der Waals surface area contributed by atoms with Gasteiger partial charge in [-0.05, 0) is 0 Å². The summed E-state index contributed by atoms with van der Waals surface area (Å²) in [6, 6.07) is 9.81. The standard InChI is InChI=1S/C11H14NO3P/c13-11-6-9-16(12-11,14-7-8-15-16)10-4-2-1-3-5-10/h1-5H,6-9H2,(H,12,13). The van der Waals surface area contributed by atoms with Crippen LogP contribution >= 0.6 is 7.21 Å². The van der Waals surface area contributed by atoms with E-state index in [0.717, 1.165) is 5.30 Å². The summed E-state index contributed by atoms with van der Waals surface area (Å²) in [6.45, 7) is 1.12. The third kappa shape index (κ3) is 1.24. The summed E-state index contributed by atoms with van der Waals surface area (Å²) in [7, 11) is -3.04. The predicted molar refractivity (Wildman–Crippen MR) is 62.5 cm³/mol. The summed E-state index contributed by atoms with van der Waals surface area (Å²) < 4.78 is 11.8. The van der Waals surface area contributed by atoms with E-state index in [-0.39, 0.29) is 5.91 Å². The van der Waals surface area contributed by atoms with E-state index in [0.29, 0.717) is 25.8 Å². The Morgan fingerprint density at radius 3 is 2.38 bits per heavy atom. The molecule has 1 aromatic rings. The summed E-state index contributed by atoms with van der Waals surface area (Å²) in [6.07, 6.45) is 1.15. The Balaban J connectivity index is 2.14. The van der Waals surface area contributed by atoms with Crippen LogP contribution < -0.4 is 10.4 Å². The first-order valence-corrected chi connectivity index (χ1v) is 7.68. The van der Waals surface area contributed by atoms with Crippen molar-refractivity contribution in [3.05, 3.63) is 30.3 Å². The zero-order valence-corrected chi connectivity index (χ0v) is 9.78. The van der Waals surface area contributed by atoms with Gasteiger partial charge in [0.05, 0.1) is 0 Å². The first-order chi connectivity index (χ1) is 7.73. The number of rotatable bonds is 1. The average molecular weight is 239 g/mol. The molecule has 0 atom stereocenters. The van der Waals surface area contributed by atoms with Crippen molar-refractivity contribution in [2.45, 2.75) is 6.42 Å². The summed E-state index contributed by atoms with van der Waals surface area (Å²) in [4.78, 5) is 11.5. The fourth-order valence-corrected chi connectivity index (χ4v) is 6.61. The van der Waals surface area contributed by atoms with E-state index >= 15 is 0 Å². The number of carbonyl (C=O) groups is 1. The molecule has 0 aliphatic carbocycles. The van der Waals surface area contributed by atoms with Crippen LogP contribution in [0.1, 0.15) is 6.42 Å². The Hall–Kier alpha value is -0.960. The average Bonchev–Trinajstić information content (AvgIpc) is 2.89. The monoisotopic (exact) mass is 239 g/mol. The van der Waals surface area contributed by atoms with Gasteiger partial charge in [0.1, 0.15) is 0 Å². The number of carbonyl (C=O) groups excluding carboxylic acids is 1. The molecule has 2 aliphatic heterocycles. The van der Waals surface area contributed by atoms with Gasteiger partial charge in [0.2, 0.25) is 0 Å². The second-order valence-corrected chi connectivity index (χ2v) is 8.09. The van der Waals surface area contributed by atoms with Gasteiger partial charge < -0.3 is 0 Å². The van der Waals surface area contributed by atoms with Crippen molar-refractivity contribution in [3.8, 4) is 0 Å². The van der Waals surface area contributed by atoms with E-state index in [4.69, 9.17) is 9.05 Å². The first-order valence-electron chi connectivity index (χ1n) is 5.42. The van der Waals surface area contributed by atoms with Crippen molar-refractivity contribution >= 4 is 18.4 Å². The molecule has 5 heteroatoms. The second kappa shape index (κ2) is 3.27. The summed E-state index contributed by atoms with van der Waals surface area (Å²) >= 11 is 0. The van der Waals surface area contributed by atoms with Gasteiger partial charge in [0, 0.05) is 0 Å². The van der Waals surface area contributed by atoms with E-state index in [1.807, 2.05) is 30.3 Å². The third-order valence-corrected chi connectivity index (χ3v) is 7.73. The molecule has 0 aromatic heterocycles. The minimum absolute atomic E-state index is 0.0309. The maximum atomic E-state index is 11.5. The number of hydrogen-bond donors (Lipinski definition) is 1. The molecule has 0 bridgehead atoms. The second-order valence-electron chi connectivity index (χ2n) is 4.14. The zero-order chi connectivity index (χ0) is 11.1. The van der Waals surface area contributed by atoms with Gasteiger partial charge in [-0.25, -0.2) is 0 Å². The SMILES string of the molecule is O=C1CCP2(c3ccccc3)(N1)OCCO2. The topological polar surface area (TPSA) is 47.6 Å². The van der Waals surface area contributed by atoms with Crippen molar-refractivity contribution in [2.75, 3.05) is 19.4 Å². The molecule has 4 nitrogen and oxygen atoms in total. The maximum absolute atomic E-state index is 11.5. The number of hydrogen-bond acceptors (Lipinski definition) is 3. The van der Waals surface area contributed by atoms with Gasteiger partial charge in [-0.1, -0.05) is 0 Å². The Morgan fingerprint density at radius 1 is 1.12 bits per heavy atom. The zero-order valence-electron chi connectivity index (χ0n) is 8.89. The fourth-order valence-electron chi connectivity index (χ4n) is 2.43. The summed E-state index contributed by atoms with van der Waals surface area (Å²) in [5.41, 5.74) is 0. The first kappa shape index (κ1) is 10.2. The van der Waals surface area contributed by atoms with Crippen LogP contribution in [-0.4, -0.2) is 25.3 Å². The Kier molecular flexibility index (Phi) is 2.08. The van der Waals surface area contributed by atoms with Gasteiger partial charge in [0.25, 0.3) is 0 Å². The molecule has 16 heavy (non-hydrogen) atoms. The van der Waals surface area contributed by atoms with E-state index in [1.165, 1.54) is 0 Å². The normalized spacial score (nSPS) is 28.5. The molecular weight excluding hydrogens is 225 g/mol. The number of benzene rings is 1. The van der Waals surface area contributed by atoms with Crippen LogP contribution in [0.15, 0.2) is 30.3 Å². The predicted octanol–water partition coefficient (Wildman–Crippen LogP) is 1.18. The van der Waals surface area contributed by atoms with Crippen molar-refractivity contribution < 1.29 is 13.8 Å². The third-order valence-electron chi connectivity index (χ3n) is 3.19. The molecule has 0 saturated carbocycles. The fraction of sp³-hybridized carbons (Fsp3) is 0.364. The van der Waals surface area contributed by atoms with E-state index in [9.17, 15) is 4.79 Å². The van der Waals surface area contributed by atoms with Crippen molar-refractivity contribution in [1.82, 2.24) is 5.09 Å². The van der Waals surface area contributed by atoms with Crippen molar-refractivity contribution in [2.24, 2.45) is 0 Å². The molecule has 1 aromatic carbocycles. The summed E-state index contributed by atoms with van der Waals surface area (Å²) in [5.74, 6) is 0.0309. The van der Waals surface area contributed by atoms with E-state index < -0.39 is 7.21 Å². The molecule has 1 N–H and O–H groups in total. The molecule has 3 rings (SSSR count). The molecule has 2 aliphatic rings. The van der Waals surface area contributed by atoms with Gasteiger partial charge in [-0.15, -0.1) is 0 Å². The molecule has 2 saturated heterocycles. The van der Waals surface area contributed by atoms with Crippen LogP contribution in [0.4, 0.5) is 0 Å². The molecule has 1 amide bonds. The van der Waals surface area contributed by atoms with E-state index in [2.05, 4.69) is 5.09 Å². The van der Waals surface area contributed by atoms with Gasteiger partial charge >= 0.3 is 93.5 Å². The van der Waals surface area contributed by atoms with Gasteiger partial charge in [-0.2, -0.15) is 0 Å². The molecule has 0 unspecified atom stereocenters. The van der Waals surface area contributed by atoms with Crippen LogP contribution in [0.5, 0.6) is 0 Å². The minimum atomic E-state index is -3.04. The van der Waals surface area contributed by atoms with E-state index in [1.54, 1.807) is 0 Å². The molecule has 0 radical (unpaired) electrons. The Bertz CT molecular complexity index is 428. The number of nitrogens with one attached hydrogen (secondary N) is 1. The van der Waals surface area contributed by atoms with Crippen LogP contribution in [0.2, 0.25) is 0 Å². The number of amides is 1. The van der Waals surface area contributed by atoms with Crippen LogP contribution in [0, 0.1) is 0 Å². The Labute approximate surface area is 94.1 Å². The molecule has 2 fully saturated rings. The van der Waals surface area contributed by atoms with Gasteiger partial charge in [-0.3, -0.25) is 0 Å². The quantitative estimate of drug-likeness (QED) is 0.748. The molecule has 86 valence electrons. The molecular formula is C11H14NO3P. The van der Waals surface area contributed by atoms with Crippen molar-refractivity contribution in [1.29, 1.82) is 0 Å². The Morgan fingerprint density at radius 2 is 1.81 bits per heavy atom. The van der Waals surface area contributed by atoms with Crippen LogP contribution in [0.25, 0.3) is 0 Å². The van der Waals surface area contributed by atoms with Crippen molar-refractivity contribution in [3.63, 3.8) is 0 Å². The van der Waals surface area contributed by atoms with Crippen LogP contribution in [0.3, 0.4) is 0 Å². The van der Waals surface area contributed by atoms with Gasteiger partial charge in [0.15, 0.2) is 0 Å². The molecule has 1 spiro atoms. The molecule has 2 heterocycles. The summed E-state index contributed by atoms with van der Waals surface area (Å²) in [5, 5.41) is 4.00.